The molecule has 0 N–H and O–H groups in total. The SMILES string of the molecule is [CH2]C(C)c1cc(C(C)C)cc(C2CC2)c1. The van der Waals surface area contributed by atoms with E-state index in [9.17, 15) is 0 Å². The monoisotopic (exact) mass is 201 g/mol. The highest BCUT2D eigenvalue weighted by atomic mass is 14.3. The topological polar surface area (TPSA) is 0 Å². The van der Waals surface area contributed by atoms with Crippen LogP contribution >= 0.6 is 0 Å². The number of rotatable bonds is 3. The van der Waals surface area contributed by atoms with Crippen LogP contribution in [0.4, 0.5) is 0 Å². The molecule has 0 heterocycles. The zero-order chi connectivity index (χ0) is 11.0. The smallest absolute Gasteiger partial charge is 0.0161 e. The highest BCUT2D eigenvalue weighted by Gasteiger charge is 2.24. The highest BCUT2D eigenvalue weighted by molar-refractivity contribution is 5.37. The maximum absolute atomic E-state index is 4.13. The molecule has 1 radical (unpaired) electrons. The lowest BCUT2D eigenvalue weighted by Crippen LogP contribution is -1.96. The fourth-order valence-corrected chi connectivity index (χ4v) is 1.97. The summed E-state index contributed by atoms with van der Waals surface area (Å²) in [5.41, 5.74) is 4.43. The molecule has 1 aromatic rings. The lowest BCUT2D eigenvalue weighted by atomic mass is 9.92. The molecule has 1 aromatic carbocycles. The van der Waals surface area contributed by atoms with Gasteiger partial charge in [0.25, 0.3) is 0 Å². The molecule has 2 rings (SSSR count). The summed E-state index contributed by atoms with van der Waals surface area (Å²) < 4.78 is 0. The summed E-state index contributed by atoms with van der Waals surface area (Å²) in [4.78, 5) is 0. The average Bonchev–Trinajstić information content (AvgIpc) is 3.00. The van der Waals surface area contributed by atoms with Crippen LogP contribution in [0.5, 0.6) is 0 Å². The van der Waals surface area contributed by atoms with E-state index in [1.165, 1.54) is 24.0 Å². The summed E-state index contributed by atoms with van der Waals surface area (Å²) in [6, 6.07) is 7.09. The van der Waals surface area contributed by atoms with Gasteiger partial charge in [0.2, 0.25) is 0 Å². The molecule has 0 amide bonds. The van der Waals surface area contributed by atoms with Crippen molar-refractivity contribution in [3.05, 3.63) is 41.8 Å². The molecule has 1 aliphatic rings. The van der Waals surface area contributed by atoms with Crippen LogP contribution in [0.2, 0.25) is 0 Å². The fraction of sp³-hybridized carbons (Fsp3) is 0.533. The molecule has 1 unspecified atom stereocenters. The van der Waals surface area contributed by atoms with Gasteiger partial charge in [-0.25, -0.2) is 0 Å². The molecule has 0 nitrogen and oxygen atoms in total. The maximum Gasteiger partial charge on any atom is -0.0161 e. The Morgan fingerprint density at radius 1 is 1.07 bits per heavy atom. The highest BCUT2D eigenvalue weighted by Crippen LogP contribution is 2.41. The third kappa shape index (κ3) is 2.42. The van der Waals surface area contributed by atoms with E-state index in [-0.39, 0.29) is 0 Å². The summed E-state index contributed by atoms with van der Waals surface area (Å²) in [6.07, 6.45) is 2.76. The van der Waals surface area contributed by atoms with Crippen molar-refractivity contribution in [3.63, 3.8) is 0 Å². The average molecular weight is 201 g/mol. The first-order chi connectivity index (χ1) is 7.08. The summed E-state index contributed by atoms with van der Waals surface area (Å²) >= 11 is 0. The summed E-state index contributed by atoms with van der Waals surface area (Å²) in [5, 5.41) is 0. The Hall–Kier alpha value is -0.780. The molecule has 81 valence electrons. The van der Waals surface area contributed by atoms with E-state index in [1.807, 2.05) is 0 Å². The molecule has 0 aliphatic heterocycles. The minimum Gasteiger partial charge on any atom is -0.0587 e. The normalized spacial score (nSPS) is 16.4. The number of hydrogen-bond donors (Lipinski definition) is 0. The molecule has 0 bridgehead atoms. The zero-order valence-electron chi connectivity index (χ0n) is 10.1. The van der Waals surface area contributed by atoms with Gasteiger partial charge in [0.15, 0.2) is 0 Å². The van der Waals surface area contributed by atoms with Crippen LogP contribution < -0.4 is 0 Å². The molecule has 0 spiro atoms. The van der Waals surface area contributed by atoms with Crippen molar-refractivity contribution in [2.45, 2.75) is 51.4 Å². The predicted molar refractivity (Wildman–Crippen MR) is 66.3 cm³/mol. The maximum atomic E-state index is 4.13. The van der Waals surface area contributed by atoms with E-state index in [2.05, 4.69) is 45.9 Å². The van der Waals surface area contributed by atoms with Gasteiger partial charge in [-0.05, 0) is 54.2 Å². The second-order valence-corrected chi connectivity index (χ2v) is 5.26. The molecule has 1 aliphatic carbocycles. The Balaban J connectivity index is 2.39. The van der Waals surface area contributed by atoms with Crippen molar-refractivity contribution in [2.24, 2.45) is 0 Å². The van der Waals surface area contributed by atoms with Gasteiger partial charge in [0.05, 0.1) is 0 Å². The summed E-state index contributed by atoms with van der Waals surface area (Å²) in [5.74, 6) is 1.88. The van der Waals surface area contributed by atoms with Crippen LogP contribution in [0.15, 0.2) is 18.2 Å². The van der Waals surface area contributed by atoms with Crippen molar-refractivity contribution >= 4 is 0 Å². The molecule has 1 atom stereocenters. The molecule has 1 fully saturated rings. The largest absolute Gasteiger partial charge is 0.0587 e. The Morgan fingerprint density at radius 2 is 1.67 bits per heavy atom. The fourth-order valence-electron chi connectivity index (χ4n) is 1.97. The quantitative estimate of drug-likeness (QED) is 0.669. The third-order valence-electron chi connectivity index (χ3n) is 3.28. The van der Waals surface area contributed by atoms with E-state index in [0.29, 0.717) is 11.8 Å². The van der Waals surface area contributed by atoms with Crippen molar-refractivity contribution < 1.29 is 0 Å². The zero-order valence-corrected chi connectivity index (χ0v) is 10.1. The lowest BCUT2D eigenvalue weighted by molar-refractivity contribution is 0.849. The first kappa shape index (κ1) is 10.7. The van der Waals surface area contributed by atoms with Crippen LogP contribution in [0.25, 0.3) is 0 Å². The number of hydrogen-bond acceptors (Lipinski definition) is 0. The van der Waals surface area contributed by atoms with Crippen LogP contribution in [-0.2, 0) is 0 Å². The van der Waals surface area contributed by atoms with Crippen molar-refractivity contribution in [3.8, 4) is 0 Å². The molecular weight excluding hydrogens is 180 g/mol. The Labute approximate surface area is 93.7 Å². The van der Waals surface area contributed by atoms with Crippen LogP contribution in [0, 0.1) is 6.92 Å². The van der Waals surface area contributed by atoms with Gasteiger partial charge in [-0.15, -0.1) is 0 Å². The number of benzene rings is 1. The van der Waals surface area contributed by atoms with E-state index < -0.39 is 0 Å². The van der Waals surface area contributed by atoms with Gasteiger partial charge in [0.1, 0.15) is 0 Å². The minimum absolute atomic E-state index is 0.404. The van der Waals surface area contributed by atoms with Gasteiger partial charge in [0, 0.05) is 0 Å². The van der Waals surface area contributed by atoms with Gasteiger partial charge in [-0.2, -0.15) is 0 Å². The van der Waals surface area contributed by atoms with E-state index in [0.717, 1.165) is 5.92 Å². The first-order valence-electron chi connectivity index (χ1n) is 6.05. The second kappa shape index (κ2) is 4.00. The minimum atomic E-state index is 0.404. The standard InChI is InChI=1S/C15H21/c1-10(2)13-7-14(11(3)4)9-15(8-13)12-5-6-12/h7-12H,1,5-6H2,2-4H3. The molecule has 0 heteroatoms. The Kier molecular flexibility index (Phi) is 2.86. The second-order valence-electron chi connectivity index (χ2n) is 5.26. The molecule has 0 saturated heterocycles. The molecule has 0 aromatic heterocycles. The molecular formula is C15H21. The van der Waals surface area contributed by atoms with Crippen LogP contribution in [0.3, 0.4) is 0 Å². The van der Waals surface area contributed by atoms with Crippen molar-refractivity contribution in [1.29, 1.82) is 0 Å². The van der Waals surface area contributed by atoms with Gasteiger partial charge >= 0.3 is 0 Å². The Bertz CT molecular complexity index is 287. The first-order valence-corrected chi connectivity index (χ1v) is 6.05. The summed E-state index contributed by atoms with van der Waals surface area (Å²) in [6.45, 7) is 10.8. The third-order valence-corrected chi connectivity index (χ3v) is 3.28. The molecule has 1 saturated carbocycles. The predicted octanol–water partition coefficient (Wildman–Crippen LogP) is 4.62. The van der Waals surface area contributed by atoms with Gasteiger partial charge < -0.3 is 0 Å². The van der Waals surface area contributed by atoms with E-state index in [1.54, 1.807) is 5.56 Å². The van der Waals surface area contributed by atoms with E-state index in [4.69, 9.17) is 0 Å². The molecule has 15 heavy (non-hydrogen) atoms. The van der Waals surface area contributed by atoms with E-state index >= 15 is 0 Å². The lowest BCUT2D eigenvalue weighted by Gasteiger charge is -2.14. The van der Waals surface area contributed by atoms with Crippen molar-refractivity contribution in [2.75, 3.05) is 0 Å². The van der Waals surface area contributed by atoms with Crippen LogP contribution in [0.1, 0.15) is 68.1 Å². The van der Waals surface area contributed by atoms with Crippen molar-refractivity contribution in [1.82, 2.24) is 0 Å². The summed E-state index contributed by atoms with van der Waals surface area (Å²) in [7, 11) is 0. The van der Waals surface area contributed by atoms with Gasteiger partial charge in [-0.3, -0.25) is 0 Å². The van der Waals surface area contributed by atoms with Gasteiger partial charge in [-0.1, -0.05) is 39.0 Å². The Morgan fingerprint density at radius 3 is 2.13 bits per heavy atom. The van der Waals surface area contributed by atoms with Crippen LogP contribution in [-0.4, -0.2) is 0 Å².